The van der Waals surface area contributed by atoms with Crippen molar-refractivity contribution in [2.24, 2.45) is 11.7 Å². The zero-order valence-corrected chi connectivity index (χ0v) is 20.8. The Morgan fingerprint density at radius 2 is 1.97 bits per heavy atom. The van der Waals surface area contributed by atoms with Crippen LogP contribution >= 0.6 is 0 Å². The predicted octanol–water partition coefficient (Wildman–Crippen LogP) is 5.91. The van der Waals surface area contributed by atoms with Gasteiger partial charge in [-0.2, -0.15) is 0 Å². The molecule has 0 aliphatic carbocycles. The summed E-state index contributed by atoms with van der Waals surface area (Å²) in [5.74, 6) is -1.66. The molecule has 6 heteroatoms. The standard InChI is InChI=1S/C13H17F2NO2.C9H14O.2C2H6/c1-8(17)10-4-5-18-7-13(10,16)11-3-2-9(14)6-12(11)15;1-4-6-7-9(5-2)8-10-3;2*1-2/h2-3,6,8,10,17H,4-5,7,16H2,1H3;4-7H,2,8H2,1,3H3;2*1-2H3/b;6-4-,9-7+;;. The molecule has 184 valence electrons. The summed E-state index contributed by atoms with van der Waals surface area (Å²) in [7, 11) is 1.67. The van der Waals surface area contributed by atoms with Gasteiger partial charge < -0.3 is 20.3 Å². The van der Waals surface area contributed by atoms with Crippen LogP contribution in [0.4, 0.5) is 8.78 Å². The van der Waals surface area contributed by atoms with E-state index in [9.17, 15) is 13.9 Å². The third kappa shape index (κ3) is 10.6. The van der Waals surface area contributed by atoms with E-state index in [2.05, 4.69) is 6.58 Å². The molecule has 4 nitrogen and oxygen atoms in total. The molecular formula is C26H43F2NO3. The number of hydrogen-bond donors (Lipinski definition) is 2. The summed E-state index contributed by atoms with van der Waals surface area (Å²) in [5.41, 5.74) is 6.40. The van der Waals surface area contributed by atoms with E-state index in [-0.39, 0.29) is 18.1 Å². The van der Waals surface area contributed by atoms with Crippen molar-refractivity contribution in [3.8, 4) is 0 Å². The van der Waals surface area contributed by atoms with E-state index in [0.717, 1.165) is 11.6 Å². The average Bonchev–Trinajstić information content (AvgIpc) is 2.79. The SMILES string of the molecule is C=C/C(=C\C=C/C)COC.CC.CC.CC(O)C1CCOCC1(N)c1ccc(F)cc1F. The summed E-state index contributed by atoms with van der Waals surface area (Å²) >= 11 is 0. The second kappa shape index (κ2) is 18.7. The van der Waals surface area contributed by atoms with Gasteiger partial charge in [-0.15, -0.1) is 0 Å². The summed E-state index contributed by atoms with van der Waals surface area (Å²) in [4.78, 5) is 0. The topological polar surface area (TPSA) is 64.7 Å². The molecule has 3 N–H and O–H groups in total. The van der Waals surface area contributed by atoms with Gasteiger partial charge >= 0.3 is 0 Å². The Kier molecular flexibility index (Phi) is 18.9. The van der Waals surface area contributed by atoms with Crippen LogP contribution < -0.4 is 5.73 Å². The van der Waals surface area contributed by atoms with Crippen molar-refractivity contribution >= 4 is 0 Å². The quantitative estimate of drug-likeness (QED) is 0.524. The summed E-state index contributed by atoms with van der Waals surface area (Å²) in [6, 6.07) is 3.30. The first-order chi connectivity index (χ1) is 15.3. The first-order valence-electron chi connectivity index (χ1n) is 11.2. The number of hydrogen-bond acceptors (Lipinski definition) is 4. The summed E-state index contributed by atoms with van der Waals surface area (Å²) in [6.07, 6.45) is 7.59. The first-order valence-corrected chi connectivity index (χ1v) is 11.2. The predicted molar refractivity (Wildman–Crippen MR) is 130 cm³/mol. The van der Waals surface area contributed by atoms with Gasteiger partial charge in [0.05, 0.1) is 24.9 Å². The Bertz CT molecular complexity index is 690. The minimum Gasteiger partial charge on any atom is -0.393 e. The normalized spacial score (nSPS) is 21.2. The molecule has 1 heterocycles. The molecular weight excluding hydrogens is 412 g/mol. The Morgan fingerprint density at radius 1 is 1.34 bits per heavy atom. The average molecular weight is 456 g/mol. The molecule has 1 aliphatic heterocycles. The lowest BCUT2D eigenvalue weighted by molar-refractivity contribution is -0.0500. The Labute approximate surface area is 193 Å². The van der Waals surface area contributed by atoms with Crippen LogP contribution in [0.2, 0.25) is 0 Å². The van der Waals surface area contributed by atoms with E-state index in [0.29, 0.717) is 19.6 Å². The molecule has 1 aliphatic rings. The summed E-state index contributed by atoms with van der Waals surface area (Å²) < 4.78 is 37.0. The lowest BCUT2D eigenvalue weighted by Gasteiger charge is -2.42. The smallest absolute Gasteiger partial charge is 0.131 e. The molecule has 2 rings (SSSR count). The van der Waals surface area contributed by atoms with Crippen LogP contribution in [-0.4, -0.2) is 38.1 Å². The fraction of sp³-hybridized carbons (Fsp3) is 0.538. The maximum atomic E-state index is 13.9. The van der Waals surface area contributed by atoms with E-state index in [1.807, 2.05) is 52.8 Å². The Balaban J connectivity index is 0. The van der Waals surface area contributed by atoms with Crippen LogP contribution in [-0.2, 0) is 15.0 Å². The van der Waals surface area contributed by atoms with Crippen LogP contribution in [0.5, 0.6) is 0 Å². The minimum atomic E-state index is -1.12. The molecule has 3 unspecified atom stereocenters. The minimum absolute atomic E-state index is 0.116. The van der Waals surface area contributed by atoms with Gasteiger partial charge in [-0.05, 0) is 31.9 Å². The van der Waals surface area contributed by atoms with Crippen molar-refractivity contribution in [1.82, 2.24) is 0 Å². The van der Waals surface area contributed by atoms with Gasteiger partial charge in [0.15, 0.2) is 0 Å². The number of methoxy groups -OCH3 is 1. The highest BCUT2D eigenvalue weighted by Gasteiger charge is 2.43. The molecule has 32 heavy (non-hydrogen) atoms. The summed E-state index contributed by atoms with van der Waals surface area (Å²) in [6.45, 7) is 16.5. The third-order valence-electron chi connectivity index (χ3n) is 4.67. The number of halogens is 2. The Morgan fingerprint density at radius 3 is 2.44 bits per heavy atom. The van der Waals surface area contributed by atoms with E-state index >= 15 is 0 Å². The maximum absolute atomic E-state index is 13.9. The molecule has 0 bridgehead atoms. The zero-order chi connectivity index (χ0) is 25.2. The maximum Gasteiger partial charge on any atom is 0.131 e. The van der Waals surface area contributed by atoms with E-state index in [4.69, 9.17) is 15.2 Å². The van der Waals surface area contributed by atoms with Crippen LogP contribution in [0.25, 0.3) is 0 Å². The van der Waals surface area contributed by atoms with Crippen molar-refractivity contribution < 1.29 is 23.4 Å². The van der Waals surface area contributed by atoms with Gasteiger partial charge in [-0.25, -0.2) is 8.78 Å². The van der Waals surface area contributed by atoms with Gasteiger partial charge in [-0.1, -0.05) is 64.6 Å². The fourth-order valence-corrected chi connectivity index (χ4v) is 3.19. The number of ether oxygens (including phenoxy) is 2. The largest absolute Gasteiger partial charge is 0.393 e. The van der Waals surface area contributed by atoms with Gasteiger partial charge in [0, 0.05) is 31.3 Å². The number of aliphatic hydroxyl groups excluding tert-OH is 1. The molecule has 0 aromatic heterocycles. The van der Waals surface area contributed by atoms with Crippen LogP contribution in [0, 0.1) is 17.6 Å². The number of benzene rings is 1. The molecule has 0 amide bonds. The highest BCUT2D eigenvalue weighted by atomic mass is 19.1. The lowest BCUT2D eigenvalue weighted by Crippen LogP contribution is -2.55. The number of aliphatic hydroxyl groups is 1. The Hall–Kier alpha value is -1.86. The van der Waals surface area contributed by atoms with Gasteiger partial charge in [-0.3, -0.25) is 0 Å². The number of rotatable bonds is 6. The van der Waals surface area contributed by atoms with Gasteiger partial charge in [0.1, 0.15) is 11.6 Å². The first kappa shape index (κ1) is 32.3. The number of allylic oxidation sites excluding steroid dienone is 3. The van der Waals surface area contributed by atoms with Crippen molar-refractivity contribution in [3.05, 3.63) is 71.9 Å². The fourth-order valence-electron chi connectivity index (χ4n) is 3.19. The monoisotopic (exact) mass is 455 g/mol. The van der Waals surface area contributed by atoms with Crippen molar-refractivity contribution in [2.75, 3.05) is 26.9 Å². The highest BCUT2D eigenvalue weighted by Crippen LogP contribution is 2.36. The number of nitrogens with two attached hydrogens (primary N) is 1. The van der Waals surface area contributed by atoms with Gasteiger partial charge in [0.25, 0.3) is 0 Å². The lowest BCUT2D eigenvalue weighted by atomic mass is 9.73. The molecule has 0 radical (unpaired) electrons. The van der Waals surface area contributed by atoms with Crippen molar-refractivity contribution in [3.63, 3.8) is 0 Å². The second-order valence-corrected chi connectivity index (χ2v) is 6.76. The third-order valence-corrected chi connectivity index (χ3v) is 4.67. The van der Waals surface area contributed by atoms with E-state index < -0.39 is 23.3 Å². The molecule has 1 saturated heterocycles. The van der Waals surface area contributed by atoms with Gasteiger partial charge in [0.2, 0.25) is 0 Å². The molecule has 0 saturated carbocycles. The van der Waals surface area contributed by atoms with Crippen molar-refractivity contribution in [1.29, 1.82) is 0 Å². The molecule has 1 fully saturated rings. The molecule has 1 aromatic carbocycles. The molecule has 0 spiro atoms. The zero-order valence-electron chi connectivity index (χ0n) is 20.8. The van der Waals surface area contributed by atoms with Crippen LogP contribution in [0.15, 0.2) is 54.7 Å². The van der Waals surface area contributed by atoms with Crippen LogP contribution in [0.3, 0.4) is 0 Å². The summed E-state index contributed by atoms with van der Waals surface area (Å²) in [5, 5.41) is 9.79. The van der Waals surface area contributed by atoms with E-state index in [1.165, 1.54) is 12.1 Å². The van der Waals surface area contributed by atoms with Crippen LogP contribution in [0.1, 0.15) is 53.5 Å². The van der Waals surface area contributed by atoms with E-state index in [1.54, 1.807) is 20.1 Å². The highest BCUT2D eigenvalue weighted by molar-refractivity contribution is 5.28. The molecule has 1 aromatic rings. The molecule has 3 atom stereocenters. The second-order valence-electron chi connectivity index (χ2n) is 6.76. The van der Waals surface area contributed by atoms with Crippen molar-refractivity contribution in [2.45, 2.75) is 59.6 Å².